The molecule has 20 heavy (non-hydrogen) atoms. The monoisotopic (exact) mass is 298 g/mol. The molecule has 0 aliphatic rings. The Hall–Kier alpha value is -1.43. The van der Waals surface area contributed by atoms with Crippen LogP contribution < -0.4 is 5.32 Å². The van der Waals surface area contributed by atoms with E-state index in [9.17, 15) is 9.59 Å². The Balaban J connectivity index is 2.74. The van der Waals surface area contributed by atoms with Crippen LogP contribution in [0.4, 0.5) is 0 Å². The largest absolute Gasteiger partial charge is 0.480 e. The van der Waals surface area contributed by atoms with Gasteiger partial charge in [0.15, 0.2) is 0 Å². The van der Waals surface area contributed by atoms with Gasteiger partial charge in [0.1, 0.15) is 11.7 Å². The Morgan fingerprint density at radius 2 is 2.05 bits per heavy atom. The van der Waals surface area contributed by atoms with Gasteiger partial charge in [0.2, 0.25) is 0 Å². The van der Waals surface area contributed by atoms with E-state index in [0.717, 1.165) is 11.4 Å². The first-order chi connectivity index (χ1) is 9.35. The fraction of sp³-hybridized carbons (Fsp3) is 0.643. The van der Waals surface area contributed by atoms with E-state index >= 15 is 0 Å². The van der Waals surface area contributed by atoms with Crippen LogP contribution in [0.2, 0.25) is 0 Å². The Bertz CT molecular complexity index is 471. The number of carboxylic acid groups (broad SMARTS) is 1. The minimum Gasteiger partial charge on any atom is -0.480 e. The SMILES string of the molecule is CC[C@H](C)[C@H](NC(=O)c1csc(CC(C)C)n1)C(=O)O. The Kier molecular flexibility index (Phi) is 6.13. The highest BCUT2D eigenvalue weighted by Gasteiger charge is 2.26. The van der Waals surface area contributed by atoms with Crippen LogP contribution in [0, 0.1) is 11.8 Å². The highest BCUT2D eigenvalue weighted by molar-refractivity contribution is 7.09. The second-order valence-electron chi connectivity index (χ2n) is 5.40. The standard InChI is InChI=1S/C14H22N2O3S/c1-5-9(4)12(14(18)19)16-13(17)10-7-20-11(15-10)6-8(2)3/h7-9,12H,5-6H2,1-4H3,(H,16,17)(H,18,19)/t9-,12-/m0/s1. The topological polar surface area (TPSA) is 79.3 Å². The smallest absolute Gasteiger partial charge is 0.326 e. The van der Waals surface area contributed by atoms with Crippen molar-refractivity contribution in [2.45, 2.75) is 46.6 Å². The van der Waals surface area contributed by atoms with Crippen LogP contribution >= 0.6 is 11.3 Å². The van der Waals surface area contributed by atoms with E-state index in [0.29, 0.717) is 18.0 Å². The summed E-state index contributed by atoms with van der Waals surface area (Å²) in [5.41, 5.74) is 0.306. The van der Waals surface area contributed by atoms with Crippen LogP contribution in [0.25, 0.3) is 0 Å². The fourth-order valence-electron chi connectivity index (χ4n) is 1.76. The molecule has 0 unspecified atom stereocenters. The summed E-state index contributed by atoms with van der Waals surface area (Å²) in [5, 5.41) is 14.3. The van der Waals surface area contributed by atoms with Gasteiger partial charge in [-0.2, -0.15) is 0 Å². The average Bonchev–Trinajstić information content (AvgIpc) is 2.82. The maximum atomic E-state index is 12.0. The summed E-state index contributed by atoms with van der Waals surface area (Å²) < 4.78 is 0. The number of carboxylic acids is 1. The number of carbonyl (C=O) groups excluding carboxylic acids is 1. The van der Waals surface area contributed by atoms with Crippen molar-refractivity contribution in [2.24, 2.45) is 11.8 Å². The highest BCUT2D eigenvalue weighted by atomic mass is 32.1. The first kappa shape index (κ1) is 16.6. The average molecular weight is 298 g/mol. The third-order valence-corrected chi connectivity index (χ3v) is 4.00. The van der Waals surface area contributed by atoms with Gasteiger partial charge in [-0.15, -0.1) is 11.3 Å². The first-order valence-electron chi connectivity index (χ1n) is 6.83. The predicted octanol–water partition coefficient (Wildman–Crippen LogP) is 2.57. The molecule has 0 spiro atoms. The zero-order valence-corrected chi connectivity index (χ0v) is 13.2. The van der Waals surface area contributed by atoms with Gasteiger partial charge in [-0.1, -0.05) is 34.1 Å². The van der Waals surface area contributed by atoms with Crippen LogP contribution in [0.3, 0.4) is 0 Å². The third-order valence-electron chi connectivity index (χ3n) is 3.13. The normalized spacial score (nSPS) is 14.1. The number of thiazole rings is 1. The number of rotatable bonds is 7. The summed E-state index contributed by atoms with van der Waals surface area (Å²) in [7, 11) is 0. The zero-order chi connectivity index (χ0) is 15.3. The predicted molar refractivity (Wildman–Crippen MR) is 79.0 cm³/mol. The number of hydrogen-bond donors (Lipinski definition) is 2. The van der Waals surface area contributed by atoms with E-state index in [-0.39, 0.29) is 5.92 Å². The minimum atomic E-state index is -1.01. The summed E-state index contributed by atoms with van der Waals surface area (Å²) >= 11 is 1.44. The second kappa shape index (κ2) is 7.38. The second-order valence-corrected chi connectivity index (χ2v) is 6.34. The molecule has 0 saturated carbocycles. The highest BCUT2D eigenvalue weighted by Crippen LogP contribution is 2.15. The molecule has 1 heterocycles. The van der Waals surface area contributed by atoms with Gasteiger partial charge in [0, 0.05) is 11.8 Å². The Morgan fingerprint density at radius 3 is 2.55 bits per heavy atom. The summed E-state index contributed by atoms with van der Waals surface area (Å²) in [6.07, 6.45) is 1.51. The van der Waals surface area contributed by atoms with E-state index in [4.69, 9.17) is 5.11 Å². The molecule has 0 saturated heterocycles. The maximum absolute atomic E-state index is 12.0. The Morgan fingerprint density at radius 1 is 1.40 bits per heavy atom. The molecule has 0 aliphatic carbocycles. The molecule has 2 N–H and O–H groups in total. The molecule has 0 aromatic carbocycles. The van der Waals surface area contributed by atoms with Crippen molar-refractivity contribution in [1.29, 1.82) is 0 Å². The van der Waals surface area contributed by atoms with E-state index in [1.807, 2.05) is 13.8 Å². The Labute approximate surface area is 123 Å². The van der Waals surface area contributed by atoms with Crippen molar-refractivity contribution in [3.05, 3.63) is 16.1 Å². The van der Waals surface area contributed by atoms with Crippen molar-refractivity contribution >= 4 is 23.2 Å². The molecule has 112 valence electrons. The van der Waals surface area contributed by atoms with E-state index < -0.39 is 17.9 Å². The van der Waals surface area contributed by atoms with Crippen LogP contribution in [0.15, 0.2) is 5.38 Å². The minimum absolute atomic E-state index is 0.120. The van der Waals surface area contributed by atoms with Crippen LogP contribution in [-0.4, -0.2) is 28.0 Å². The molecule has 5 nitrogen and oxygen atoms in total. The van der Waals surface area contributed by atoms with Crippen molar-refractivity contribution in [3.63, 3.8) is 0 Å². The quantitative estimate of drug-likeness (QED) is 0.811. The maximum Gasteiger partial charge on any atom is 0.326 e. The van der Waals surface area contributed by atoms with Crippen molar-refractivity contribution in [3.8, 4) is 0 Å². The summed E-state index contributed by atoms with van der Waals surface area (Å²) in [6.45, 7) is 7.88. The van der Waals surface area contributed by atoms with E-state index in [1.165, 1.54) is 11.3 Å². The molecule has 6 heteroatoms. The number of amides is 1. The van der Waals surface area contributed by atoms with E-state index in [2.05, 4.69) is 24.1 Å². The van der Waals surface area contributed by atoms with Gasteiger partial charge < -0.3 is 10.4 Å². The number of aliphatic carboxylic acids is 1. The molecular weight excluding hydrogens is 276 g/mol. The molecule has 0 radical (unpaired) electrons. The van der Waals surface area contributed by atoms with Gasteiger partial charge in [-0.05, 0) is 11.8 Å². The summed E-state index contributed by atoms with van der Waals surface area (Å²) in [4.78, 5) is 27.5. The zero-order valence-electron chi connectivity index (χ0n) is 12.3. The lowest BCUT2D eigenvalue weighted by atomic mass is 9.99. The molecule has 2 atom stereocenters. The third kappa shape index (κ3) is 4.59. The van der Waals surface area contributed by atoms with Crippen molar-refractivity contribution in [2.75, 3.05) is 0 Å². The van der Waals surface area contributed by atoms with Crippen LogP contribution in [-0.2, 0) is 11.2 Å². The molecule has 0 fully saturated rings. The lowest BCUT2D eigenvalue weighted by Gasteiger charge is -2.19. The van der Waals surface area contributed by atoms with Crippen molar-refractivity contribution in [1.82, 2.24) is 10.3 Å². The van der Waals surface area contributed by atoms with Crippen LogP contribution in [0.5, 0.6) is 0 Å². The summed E-state index contributed by atoms with van der Waals surface area (Å²) in [5.74, 6) is -1.07. The lowest BCUT2D eigenvalue weighted by Crippen LogP contribution is -2.45. The molecule has 0 bridgehead atoms. The molecule has 1 aromatic heterocycles. The molecule has 1 amide bonds. The molecule has 1 aromatic rings. The molecule has 1 rings (SSSR count). The number of aromatic nitrogens is 1. The number of nitrogens with one attached hydrogen (secondary N) is 1. The van der Waals surface area contributed by atoms with Gasteiger partial charge in [-0.25, -0.2) is 9.78 Å². The first-order valence-corrected chi connectivity index (χ1v) is 7.71. The molecular formula is C14H22N2O3S. The summed E-state index contributed by atoms with van der Waals surface area (Å²) in [6, 6.07) is -0.872. The van der Waals surface area contributed by atoms with Gasteiger partial charge >= 0.3 is 5.97 Å². The van der Waals surface area contributed by atoms with Gasteiger partial charge in [0.25, 0.3) is 5.91 Å². The lowest BCUT2D eigenvalue weighted by molar-refractivity contribution is -0.140. The molecule has 0 aliphatic heterocycles. The van der Waals surface area contributed by atoms with Gasteiger partial charge in [-0.3, -0.25) is 4.79 Å². The van der Waals surface area contributed by atoms with Gasteiger partial charge in [0.05, 0.1) is 5.01 Å². The number of nitrogens with zero attached hydrogens (tertiary/aromatic N) is 1. The van der Waals surface area contributed by atoms with E-state index in [1.54, 1.807) is 5.38 Å². The fourth-order valence-corrected chi connectivity index (χ4v) is 2.74. The number of carbonyl (C=O) groups is 2. The van der Waals surface area contributed by atoms with Crippen molar-refractivity contribution < 1.29 is 14.7 Å². The number of hydrogen-bond acceptors (Lipinski definition) is 4. The van der Waals surface area contributed by atoms with Crippen LogP contribution in [0.1, 0.15) is 49.6 Å².